The Hall–Kier alpha value is -1.67. The minimum absolute atomic E-state index is 0.0613. The summed E-state index contributed by atoms with van der Waals surface area (Å²) in [6.07, 6.45) is 0.377. The Morgan fingerprint density at radius 1 is 1.50 bits per heavy atom. The van der Waals surface area contributed by atoms with Gasteiger partial charge >= 0.3 is 5.97 Å². The highest BCUT2D eigenvalue weighted by Crippen LogP contribution is 2.35. The van der Waals surface area contributed by atoms with E-state index in [1.165, 1.54) is 11.3 Å². The Bertz CT molecular complexity index is 745. The molecule has 2 aromatic heterocycles. The third-order valence-electron chi connectivity index (χ3n) is 3.19. The fourth-order valence-corrected chi connectivity index (χ4v) is 4.66. The first-order chi connectivity index (χ1) is 9.46. The molecule has 8 heteroatoms. The zero-order valence-corrected chi connectivity index (χ0v) is 11.9. The Morgan fingerprint density at radius 3 is 2.85 bits per heavy atom. The fourth-order valence-electron chi connectivity index (χ4n) is 2.27. The van der Waals surface area contributed by atoms with Crippen molar-refractivity contribution in [2.75, 3.05) is 11.5 Å². The van der Waals surface area contributed by atoms with Crippen LogP contribution in [0.5, 0.6) is 0 Å². The number of aromatic carboxylic acids is 1. The molecule has 0 spiro atoms. The van der Waals surface area contributed by atoms with Gasteiger partial charge in [-0.2, -0.15) is 0 Å². The van der Waals surface area contributed by atoms with E-state index in [0.29, 0.717) is 6.42 Å². The maximum Gasteiger partial charge on any atom is 0.358 e. The lowest BCUT2D eigenvalue weighted by molar-refractivity contribution is 0.0688. The second-order valence-electron chi connectivity index (χ2n) is 4.61. The minimum Gasteiger partial charge on any atom is -0.476 e. The second-order valence-corrected chi connectivity index (χ2v) is 7.79. The average molecular weight is 313 g/mol. The van der Waals surface area contributed by atoms with Gasteiger partial charge < -0.3 is 9.52 Å². The van der Waals surface area contributed by atoms with Gasteiger partial charge in [-0.25, -0.2) is 18.2 Å². The van der Waals surface area contributed by atoms with Gasteiger partial charge in [0.2, 0.25) is 5.89 Å². The quantitative estimate of drug-likeness (QED) is 0.930. The zero-order chi connectivity index (χ0) is 14.3. The number of oxazole rings is 1. The first-order valence-corrected chi connectivity index (χ1v) is 8.65. The van der Waals surface area contributed by atoms with Crippen molar-refractivity contribution in [3.63, 3.8) is 0 Å². The largest absolute Gasteiger partial charge is 0.476 e. The Kier molecular flexibility index (Phi) is 3.14. The van der Waals surface area contributed by atoms with Gasteiger partial charge in [-0.3, -0.25) is 0 Å². The fraction of sp³-hybridized carbons (Fsp3) is 0.333. The van der Waals surface area contributed by atoms with Crippen molar-refractivity contribution in [1.29, 1.82) is 0 Å². The first-order valence-electron chi connectivity index (χ1n) is 5.94. The molecular formula is C12H11NO5S2. The number of rotatable bonds is 3. The highest BCUT2D eigenvalue weighted by atomic mass is 32.2. The highest BCUT2D eigenvalue weighted by Gasteiger charge is 2.35. The predicted octanol–water partition coefficient (Wildman–Crippen LogP) is 2.00. The molecule has 1 aliphatic heterocycles. The molecular weight excluding hydrogens is 302 g/mol. The summed E-state index contributed by atoms with van der Waals surface area (Å²) in [4.78, 5) is 16.0. The van der Waals surface area contributed by atoms with Crippen LogP contribution in [0.15, 0.2) is 21.9 Å². The summed E-state index contributed by atoms with van der Waals surface area (Å²) < 4.78 is 28.6. The van der Waals surface area contributed by atoms with Gasteiger partial charge in [0, 0.05) is 5.92 Å². The van der Waals surface area contributed by atoms with Crippen LogP contribution in [0.3, 0.4) is 0 Å². The van der Waals surface area contributed by atoms with E-state index < -0.39 is 21.7 Å². The summed E-state index contributed by atoms with van der Waals surface area (Å²) in [6.45, 7) is 0. The zero-order valence-electron chi connectivity index (χ0n) is 10.3. The highest BCUT2D eigenvalue weighted by molar-refractivity contribution is 7.91. The van der Waals surface area contributed by atoms with Gasteiger partial charge in [-0.05, 0) is 17.9 Å². The normalized spacial score (nSPS) is 21.1. The van der Waals surface area contributed by atoms with Crippen molar-refractivity contribution in [3.05, 3.63) is 29.0 Å². The molecule has 0 amide bonds. The van der Waals surface area contributed by atoms with E-state index in [1.54, 1.807) is 6.07 Å². The molecule has 0 radical (unpaired) electrons. The maximum atomic E-state index is 11.5. The van der Waals surface area contributed by atoms with E-state index >= 15 is 0 Å². The van der Waals surface area contributed by atoms with Crippen molar-refractivity contribution < 1.29 is 22.7 Å². The number of nitrogens with zero attached hydrogens (tertiary/aromatic N) is 1. The van der Waals surface area contributed by atoms with E-state index in [4.69, 9.17) is 4.42 Å². The number of carboxylic acid groups (broad SMARTS) is 1. The number of hydrogen-bond acceptors (Lipinski definition) is 6. The molecule has 1 fully saturated rings. The molecule has 1 unspecified atom stereocenters. The van der Waals surface area contributed by atoms with Crippen molar-refractivity contribution in [2.45, 2.75) is 12.3 Å². The molecule has 20 heavy (non-hydrogen) atoms. The second kappa shape index (κ2) is 4.71. The van der Waals surface area contributed by atoms with Crippen LogP contribution in [-0.4, -0.2) is 36.0 Å². The van der Waals surface area contributed by atoms with Crippen molar-refractivity contribution in [2.24, 2.45) is 0 Å². The minimum atomic E-state index is -3.11. The third kappa shape index (κ3) is 2.36. The lowest BCUT2D eigenvalue weighted by Crippen LogP contribution is -2.08. The smallest absolute Gasteiger partial charge is 0.358 e. The maximum absolute atomic E-state index is 11.5. The molecule has 3 heterocycles. The molecule has 2 aromatic rings. The first kappa shape index (κ1) is 13.3. The number of carboxylic acids is 1. The molecule has 1 N–H and O–H groups in total. The van der Waals surface area contributed by atoms with Gasteiger partial charge in [0.1, 0.15) is 5.76 Å². The van der Waals surface area contributed by atoms with Crippen LogP contribution in [0, 0.1) is 0 Å². The molecule has 1 atom stereocenters. The molecule has 0 bridgehead atoms. The lowest BCUT2D eigenvalue weighted by atomic mass is 10.0. The van der Waals surface area contributed by atoms with E-state index in [9.17, 15) is 18.3 Å². The summed E-state index contributed by atoms with van der Waals surface area (Å²) >= 11 is 1.38. The lowest BCUT2D eigenvalue weighted by Gasteiger charge is -2.03. The van der Waals surface area contributed by atoms with Crippen LogP contribution in [0.2, 0.25) is 0 Å². The van der Waals surface area contributed by atoms with Gasteiger partial charge in [-0.15, -0.1) is 11.3 Å². The van der Waals surface area contributed by atoms with Gasteiger partial charge in [0.15, 0.2) is 15.5 Å². The predicted molar refractivity (Wildman–Crippen MR) is 72.8 cm³/mol. The van der Waals surface area contributed by atoms with Crippen molar-refractivity contribution in [3.8, 4) is 10.8 Å². The van der Waals surface area contributed by atoms with Gasteiger partial charge in [0.25, 0.3) is 0 Å². The monoisotopic (exact) mass is 313 g/mol. The van der Waals surface area contributed by atoms with E-state index in [2.05, 4.69) is 4.98 Å². The number of hydrogen-bond donors (Lipinski definition) is 1. The molecule has 0 aromatic carbocycles. The molecule has 106 valence electrons. The molecule has 1 aliphatic rings. The van der Waals surface area contributed by atoms with E-state index in [1.807, 2.05) is 11.4 Å². The average Bonchev–Trinajstić information content (AvgIpc) is 3.04. The Labute approximate surface area is 119 Å². The summed E-state index contributed by atoms with van der Waals surface area (Å²) in [6, 6.07) is 3.58. The van der Waals surface area contributed by atoms with Gasteiger partial charge in [0.05, 0.1) is 16.4 Å². The van der Waals surface area contributed by atoms with Crippen molar-refractivity contribution >= 4 is 27.1 Å². The van der Waals surface area contributed by atoms with Gasteiger partial charge in [-0.1, -0.05) is 6.07 Å². The SMILES string of the molecule is O=C(O)c1nc(-c2cccs2)oc1C1CCS(=O)(=O)C1. The van der Waals surface area contributed by atoms with Crippen LogP contribution in [0.4, 0.5) is 0 Å². The third-order valence-corrected chi connectivity index (χ3v) is 5.82. The van der Waals surface area contributed by atoms with E-state index in [-0.39, 0.29) is 28.9 Å². The molecule has 6 nitrogen and oxygen atoms in total. The van der Waals surface area contributed by atoms with Crippen LogP contribution in [-0.2, 0) is 9.84 Å². The Morgan fingerprint density at radius 2 is 2.30 bits per heavy atom. The standard InChI is InChI=1S/C12H11NO5S2/c14-12(15)9-10(7-3-5-20(16,17)6-7)18-11(13-9)8-2-1-4-19-8/h1-2,4,7H,3,5-6H2,(H,14,15). The number of thiophene rings is 1. The number of aromatic nitrogens is 1. The summed E-state index contributed by atoms with van der Waals surface area (Å²) in [7, 11) is -3.11. The molecule has 0 saturated carbocycles. The summed E-state index contributed by atoms with van der Waals surface area (Å²) in [5.74, 6) is -1.24. The molecule has 1 saturated heterocycles. The molecule has 0 aliphatic carbocycles. The van der Waals surface area contributed by atoms with Crippen LogP contribution in [0.25, 0.3) is 10.8 Å². The topological polar surface area (TPSA) is 97.5 Å². The Balaban J connectivity index is 2.04. The van der Waals surface area contributed by atoms with Crippen LogP contribution >= 0.6 is 11.3 Å². The van der Waals surface area contributed by atoms with Crippen LogP contribution < -0.4 is 0 Å². The number of sulfone groups is 1. The molecule has 3 rings (SSSR count). The van der Waals surface area contributed by atoms with Crippen LogP contribution in [0.1, 0.15) is 28.6 Å². The van der Waals surface area contributed by atoms with Crippen molar-refractivity contribution in [1.82, 2.24) is 4.98 Å². The number of carbonyl (C=O) groups is 1. The van der Waals surface area contributed by atoms with E-state index in [0.717, 1.165) is 4.88 Å². The summed E-state index contributed by atoms with van der Waals surface area (Å²) in [5, 5.41) is 11.0. The summed E-state index contributed by atoms with van der Waals surface area (Å²) in [5.41, 5.74) is -0.185.